The third kappa shape index (κ3) is 15.8. The second-order valence-corrected chi connectivity index (χ2v) is 3.36. The van der Waals surface area contributed by atoms with Crippen LogP contribution >= 0.6 is 0 Å². The summed E-state index contributed by atoms with van der Waals surface area (Å²) in [6.45, 7) is 9.44. The van der Waals surface area contributed by atoms with E-state index in [2.05, 4.69) is 6.92 Å². The molecule has 0 saturated heterocycles. The highest BCUT2D eigenvalue weighted by Gasteiger charge is 1.91. The van der Waals surface area contributed by atoms with Crippen molar-refractivity contribution in [2.24, 2.45) is 0 Å². The van der Waals surface area contributed by atoms with Crippen molar-refractivity contribution in [2.75, 3.05) is 59.6 Å². The molecule has 0 amide bonds. The lowest BCUT2D eigenvalue weighted by molar-refractivity contribution is -0.0727. The first kappa shape index (κ1) is 16.8. The number of hydrogen-bond donors (Lipinski definition) is 0. The van der Waals surface area contributed by atoms with Crippen molar-refractivity contribution in [1.29, 1.82) is 0 Å². The first-order valence-electron chi connectivity index (χ1n) is 6.30. The van der Waals surface area contributed by atoms with Gasteiger partial charge in [0.15, 0.2) is 0 Å². The second kappa shape index (κ2) is 15.8. The molecule has 0 unspecified atom stereocenters. The van der Waals surface area contributed by atoms with E-state index in [0.717, 1.165) is 19.6 Å². The molecule has 0 heterocycles. The van der Waals surface area contributed by atoms with Gasteiger partial charge in [0.1, 0.15) is 6.79 Å². The summed E-state index contributed by atoms with van der Waals surface area (Å²) in [6.07, 6.45) is 1.01. The molecule has 0 bridgehead atoms. The molecule has 0 aromatic rings. The molecule has 0 rings (SSSR count). The summed E-state index contributed by atoms with van der Waals surface area (Å²) in [4.78, 5) is 0. The maximum Gasteiger partial charge on any atom is 0.146 e. The standard InChI is InChI=1S/C12H26O5/c1-3-5-16-12-17-11-10-15-9-8-14-7-6-13-4-2/h3-12H2,1-2H3. The highest BCUT2D eigenvalue weighted by molar-refractivity contribution is 4.33. The Morgan fingerprint density at radius 1 is 0.529 bits per heavy atom. The Kier molecular flexibility index (Phi) is 15.6. The van der Waals surface area contributed by atoms with Gasteiger partial charge in [0.2, 0.25) is 0 Å². The minimum atomic E-state index is 0.349. The van der Waals surface area contributed by atoms with Gasteiger partial charge in [0.25, 0.3) is 0 Å². The number of hydrogen-bond acceptors (Lipinski definition) is 5. The van der Waals surface area contributed by atoms with Crippen molar-refractivity contribution >= 4 is 0 Å². The zero-order chi connectivity index (χ0) is 12.6. The lowest BCUT2D eigenvalue weighted by atomic mass is 10.5. The highest BCUT2D eigenvalue weighted by Crippen LogP contribution is 1.84. The van der Waals surface area contributed by atoms with Gasteiger partial charge in [0.05, 0.1) is 39.6 Å². The molecule has 0 fully saturated rings. The van der Waals surface area contributed by atoms with Crippen LogP contribution in [0, 0.1) is 0 Å². The van der Waals surface area contributed by atoms with Crippen LogP contribution in [0.2, 0.25) is 0 Å². The molecule has 0 aromatic carbocycles. The van der Waals surface area contributed by atoms with Gasteiger partial charge in [-0.3, -0.25) is 0 Å². The maximum absolute atomic E-state index is 5.30. The van der Waals surface area contributed by atoms with Crippen molar-refractivity contribution in [3.8, 4) is 0 Å². The fourth-order valence-electron chi connectivity index (χ4n) is 1.02. The maximum atomic E-state index is 5.30. The van der Waals surface area contributed by atoms with Crippen molar-refractivity contribution in [2.45, 2.75) is 20.3 Å². The van der Waals surface area contributed by atoms with Gasteiger partial charge in [-0.05, 0) is 13.3 Å². The van der Waals surface area contributed by atoms with Crippen LogP contribution in [-0.4, -0.2) is 59.6 Å². The Bertz CT molecular complexity index is 118. The Morgan fingerprint density at radius 2 is 1.00 bits per heavy atom. The molecular formula is C12H26O5. The third-order valence-corrected chi connectivity index (χ3v) is 1.84. The van der Waals surface area contributed by atoms with E-state index in [1.807, 2.05) is 6.92 Å². The summed E-state index contributed by atoms with van der Waals surface area (Å²) >= 11 is 0. The van der Waals surface area contributed by atoms with Gasteiger partial charge in [-0.15, -0.1) is 0 Å². The highest BCUT2D eigenvalue weighted by atomic mass is 16.7. The molecule has 0 aliphatic heterocycles. The molecule has 5 heteroatoms. The molecular weight excluding hydrogens is 224 g/mol. The lowest BCUT2D eigenvalue weighted by Gasteiger charge is -2.07. The number of ether oxygens (including phenoxy) is 5. The second-order valence-electron chi connectivity index (χ2n) is 3.36. The SMILES string of the molecule is CCCOCOCCOCCOCCOCC. The summed E-state index contributed by atoms with van der Waals surface area (Å²) in [5.41, 5.74) is 0. The van der Waals surface area contributed by atoms with E-state index in [4.69, 9.17) is 23.7 Å². The summed E-state index contributed by atoms with van der Waals surface area (Å²) in [5, 5.41) is 0. The lowest BCUT2D eigenvalue weighted by Crippen LogP contribution is -2.12. The van der Waals surface area contributed by atoms with Crippen LogP contribution in [0.25, 0.3) is 0 Å². The van der Waals surface area contributed by atoms with Crippen LogP contribution in [0.15, 0.2) is 0 Å². The van der Waals surface area contributed by atoms with E-state index in [-0.39, 0.29) is 0 Å². The van der Waals surface area contributed by atoms with Gasteiger partial charge in [-0.2, -0.15) is 0 Å². The van der Waals surface area contributed by atoms with E-state index in [1.165, 1.54) is 0 Å². The van der Waals surface area contributed by atoms with Gasteiger partial charge in [-0.1, -0.05) is 6.92 Å². The Labute approximate surface area is 104 Å². The smallest absolute Gasteiger partial charge is 0.146 e. The zero-order valence-electron chi connectivity index (χ0n) is 11.1. The molecule has 104 valence electrons. The Morgan fingerprint density at radius 3 is 1.53 bits per heavy atom. The van der Waals surface area contributed by atoms with Crippen LogP contribution in [0.5, 0.6) is 0 Å². The van der Waals surface area contributed by atoms with Gasteiger partial charge >= 0.3 is 0 Å². The summed E-state index contributed by atoms with van der Waals surface area (Å²) in [7, 11) is 0. The van der Waals surface area contributed by atoms with Crippen molar-refractivity contribution in [3.63, 3.8) is 0 Å². The molecule has 0 atom stereocenters. The fraction of sp³-hybridized carbons (Fsp3) is 1.00. The van der Waals surface area contributed by atoms with Gasteiger partial charge in [-0.25, -0.2) is 0 Å². The molecule has 0 aromatic heterocycles. The van der Waals surface area contributed by atoms with Gasteiger partial charge < -0.3 is 23.7 Å². The molecule has 17 heavy (non-hydrogen) atoms. The minimum absolute atomic E-state index is 0.349. The summed E-state index contributed by atoms with van der Waals surface area (Å²) < 4.78 is 26.0. The average molecular weight is 250 g/mol. The predicted molar refractivity (Wildman–Crippen MR) is 65.2 cm³/mol. The van der Waals surface area contributed by atoms with E-state index in [0.29, 0.717) is 46.4 Å². The molecule has 0 aliphatic carbocycles. The largest absolute Gasteiger partial charge is 0.379 e. The van der Waals surface area contributed by atoms with Crippen LogP contribution in [-0.2, 0) is 23.7 Å². The Hall–Kier alpha value is -0.200. The summed E-state index contributed by atoms with van der Waals surface area (Å²) in [6, 6.07) is 0. The molecule has 0 N–H and O–H groups in total. The van der Waals surface area contributed by atoms with E-state index in [1.54, 1.807) is 0 Å². The molecule has 0 saturated carbocycles. The molecule has 0 aliphatic rings. The van der Waals surface area contributed by atoms with Crippen LogP contribution < -0.4 is 0 Å². The minimum Gasteiger partial charge on any atom is -0.379 e. The third-order valence-electron chi connectivity index (χ3n) is 1.84. The van der Waals surface area contributed by atoms with Crippen LogP contribution in [0.1, 0.15) is 20.3 Å². The molecule has 0 spiro atoms. The first-order valence-corrected chi connectivity index (χ1v) is 6.30. The monoisotopic (exact) mass is 250 g/mol. The van der Waals surface area contributed by atoms with Crippen molar-refractivity contribution in [3.05, 3.63) is 0 Å². The number of rotatable bonds is 14. The molecule has 5 nitrogen and oxygen atoms in total. The van der Waals surface area contributed by atoms with Crippen molar-refractivity contribution < 1.29 is 23.7 Å². The predicted octanol–water partition coefficient (Wildman–Crippen LogP) is 1.46. The normalized spacial score (nSPS) is 10.9. The average Bonchev–Trinajstić information content (AvgIpc) is 2.35. The van der Waals surface area contributed by atoms with Crippen LogP contribution in [0.3, 0.4) is 0 Å². The van der Waals surface area contributed by atoms with E-state index in [9.17, 15) is 0 Å². The zero-order valence-corrected chi connectivity index (χ0v) is 11.1. The van der Waals surface area contributed by atoms with Gasteiger partial charge in [0, 0.05) is 13.2 Å². The topological polar surface area (TPSA) is 46.2 Å². The van der Waals surface area contributed by atoms with Crippen LogP contribution in [0.4, 0.5) is 0 Å². The van der Waals surface area contributed by atoms with E-state index >= 15 is 0 Å². The molecule has 0 radical (unpaired) electrons. The summed E-state index contributed by atoms with van der Waals surface area (Å²) in [5.74, 6) is 0. The Balaban J connectivity index is 2.85. The first-order chi connectivity index (χ1) is 8.41. The fourth-order valence-corrected chi connectivity index (χ4v) is 1.02. The van der Waals surface area contributed by atoms with Crippen molar-refractivity contribution in [1.82, 2.24) is 0 Å². The quantitative estimate of drug-likeness (QED) is 0.345. The van der Waals surface area contributed by atoms with E-state index < -0.39 is 0 Å².